The molecular weight excluding hydrogens is 361 g/mol. The summed E-state index contributed by atoms with van der Waals surface area (Å²) in [7, 11) is -1.01. The summed E-state index contributed by atoms with van der Waals surface area (Å²) in [6, 6.07) is 1.99. The highest BCUT2D eigenvalue weighted by molar-refractivity contribution is 7.80. The highest BCUT2D eigenvalue weighted by Crippen LogP contribution is 2.18. The molecule has 25 heavy (non-hydrogen) atoms. The second kappa shape index (κ2) is 16.2. The number of aromatic nitrogens is 2. The van der Waals surface area contributed by atoms with Crippen molar-refractivity contribution in [2.75, 3.05) is 30.9 Å². The van der Waals surface area contributed by atoms with Gasteiger partial charge in [-0.25, -0.2) is 9.97 Å². The molecule has 2 rings (SSSR count). The molecule has 1 aromatic heterocycles. The summed E-state index contributed by atoms with van der Waals surface area (Å²) in [5, 5.41) is 0. The van der Waals surface area contributed by atoms with Crippen LogP contribution < -0.4 is 4.90 Å². The van der Waals surface area contributed by atoms with Crippen molar-refractivity contribution in [1.82, 2.24) is 9.97 Å². The van der Waals surface area contributed by atoms with Gasteiger partial charge in [0, 0.05) is 30.3 Å². The largest absolute Gasteiger partial charge is 0.752 e. The fourth-order valence-electron chi connectivity index (χ4n) is 1.81. The normalized spacial score (nSPS) is 13.1. The van der Waals surface area contributed by atoms with Gasteiger partial charge in [0.1, 0.15) is 11.6 Å². The van der Waals surface area contributed by atoms with E-state index in [0.717, 1.165) is 36.9 Å². The Hall–Kier alpha value is -1.24. The van der Waals surface area contributed by atoms with Crippen molar-refractivity contribution >= 4 is 33.2 Å². The lowest BCUT2D eigenvalue weighted by Gasteiger charge is -2.16. The Labute approximate surface area is 156 Å². The van der Waals surface area contributed by atoms with Crippen LogP contribution in [-0.4, -0.2) is 42.4 Å². The Morgan fingerprint density at radius 3 is 2.40 bits per heavy atom. The Balaban J connectivity index is 0.000000442. The first-order chi connectivity index (χ1) is 12.1. The number of thiol groups is 1. The molecule has 1 unspecified atom stereocenters. The summed E-state index contributed by atoms with van der Waals surface area (Å²) in [4.78, 5) is 20.3. The summed E-state index contributed by atoms with van der Waals surface area (Å²) in [5.74, 6) is 2.79. The molecule has 142 valence electrons. The SMILES string of the molecule is CCCC.CO[P+](=O)OC=O.SCCc1nccc(N2CCCC2)n1. The molecule has 1 aliphatic rings. The first kappa shape index (κ1) is 23.8. The van der Waals surface area contributed by atoms with E-state index in [2.05, 4.69) is 50.4 Å². The lowest BCUT2D eigenvalue weighted by molar-refractivity contribution is -0.120. The van der Waals surface area contributed by atoms with Crippen LogP contribution in [0.4, 0.5) is 5.82 Å². The van der Waals surface area contributed by atoms with E-state index < -0.39 is 8.25 Å². The zero-order chi connectivity index (χ0) is 18.9. The minimum atomic E-state index is -2.20. The fraction of sp³-hybridized carbons (Fsp3) is 0.688. The monoisotopic (exact) mass is 390 g/mol. The van der Waals surface area contributed by atoms with Crippen LogP contribution >= 0.6 is 20.9 Å². The third kappa shape index (κ3) is 11.9. The van der Waals surface area contributed by atoms with E-state index in [4.69, 9.17) is 0 Å². The molecule has 0 radical (unpaired) electrons. The van der Waals surface area contributed by atoms with Gasteiger partial charge < -0.3 is 4.90 Å². The van der Waals surface area contributed by atoms with Crippen molar-refractivity contribution in [3.05, 3.63) is 18.1 Å². The van der Waals surface area contributed by atoms with Crippen LogP contribution in [0.1, 0.15) is 45.4 Å². The standard InChI is InChI=1S/C10H15N3S.C4H10.C2H4O4P/c14-8-4-9-11-5-3-10(12-9)13-6-1-2-7-13;1-3-4-2;1-5-7(4)6-2-3/h3,5,14H,1-2,4,6-8H2;3-4H2,1-2H3;2H,1H3/q;;+1. The molecule has 0 saturated carbocycles. The van der Waals surface area contributed by atoms with E-state index in [1.165, 1.54) is 32.8 Å². The van der Waals surface area contributed by atoms with Crippen LogP contribution in [0.25, 0.3) is 0 Å². The third-order valence-corrected chi connectivity index (χ3v) is 4.01. The van der Waals surface area contributed by atoms with E-state index in [1.54, 1.807) is 0 Å². The molecule has 9 heteroatoms. The average molecular weight is 390 g/mol. The van der Waals surface area contributed by atoms with Crippen molar-refractivity contribution in [3.63, 3.8) is 0 Å². The molecule has 0 bridgehead atoms. The number of carbonyl (C=O) groups excluding carboxylic acids is 1. The van der Waals surface area contributed by atoms with Crippen LogP contribution in [0.2, 0.25) is 0 Å². The van der Waals surface area contributed by atoms with E-state index >= 15 is 0 Å². The lowest BCUT2D eigenvalue weighted by Crippen LogP contribution is -2.19. The number of nitrogens with zero attached hydrogens (tertiary/aromatic N) is 3. The molecule has 1 aliphatic heterocycles. The molecule has 1 aromatic rings. The van der Waals surface area contributed by atoms with Gasteiger partial charge in [0.25, 0.3) is 0 Å². The van der Waals surface area contributed by atoms with Crippen molar-refractivity contribution < 1.29 is 18.4 Å². The van der Waals surface area contributed by atoms with Crippen molar-refractivity contribution in [2.45, 2.75) is 46.0 Å². The molecule has 1 saturated heterocycles. The van der Waals surface area contributed by atoms with Gasteiger partial charge in [0.2, 0.25) is 0 Å². The highest BCUT2D eigenvalue weighted by atomic mass is 32.1. The summed E-state index contributed by atoms with van der Waals surface area (Å²) in [6.45, 7) is 6.71. The van der Waals surface area contributed by atoms with E-state index in [0.29, 0.717) is 0 Å². The molecule has 2 heterocycles. The number of rotatable bonds is 7. The van der Waals surface area contributed by atoms with Gasteiger partial charge in [-0.1, -0.05) is 26.7 Å². The summed E-state index contributed by atoms with van der Waals surface area (Å²) in [6.07, 6.45) is 7.90. The van der Waals surface area contributed by atoms with Crippen LogP contribution in [0.3, 0.4) is 0 Å². The van der Waals surface area contributed by atoms with Crippen LogP contribution in [0, 0.1) is 0 Å². The molecule has 1 fully saturated rings. The molecule has 0 amide bonds. The maximum atomic E-state index is 9.88. The van der Waals surface area contributed by atoms with Crippen LogP contribution in [0.15, 0.2) is 12.3 Å². The number of unbranched alkanes of at least 4 members (excludes halogenated alkanes) is 1. The van der Waals surface area contributed by atoms with Crippen molar-refractivity contribution in [1.29, 1.82) is 0 Å². The first-order valence-electron chi connectivity index (χ1n) is 8.42. The van der Waals surface area contributed by atoms with E-state index in [9.17, 15) is 9.36 Å². The van der Waals surface area contributed by atoms with Crippen LogP contribution in [-0.2, 0) is 24.8 Å². The number of hydrogen-bond acceptors (Lipinski definition) is 8. The Kier molecular flexibility index (Phi) is 15.4. The van der Waals surface area contributed by atoms with E-state index in [1.807, 2.05) is 12.3 Å². The summed E-state index contributed by atoms with van der Waals surface area (Å²) in [5.41, 5.74) is 0. The molecule has 0 aliphatic carbocycles. The molecule has 0 aromatic carbocycles. The minimum Gasteiger partial charge on any atom is -0.357 e. The maximum Gasteiger partial charge on any atom is 0.752 e. The summed E-state index contributed by atoms with van der Waals surface area (Å²) < 4.78 is 17.7. The van der Waals surface area contributed by atoms with Gasteiger partial charge in [-0.15, -0.1) is 4.52 Å². The van der Waals surface area contributed by atoms with Gasteiger partial charge in [0.15, 0.2) is 0 Å². The van der Waals surface area contributed by atoms with Gasteiger partial charge in [-0.3, -0.25) is 4.79 Å². The molecule has 7 nitrogen and oxygen atoms in total. The molecule has 0 spiro atoms. The van der Waals surface area contributed by atoms with Crippen LogP contribution in [0.5, 0.6) is 0 Å². The average Bonchev–Trinajstić information content (AvgIpc) is 3.18. The quantitative estimate of drug-likeness (QED) is 0.430. The third-order valence-electron chi connectivity index (χ3n) is 3.23. The Bertz CT molecular complexity index is 486. The second-order valence-corrected chi connectivity index (χ2v) is 6.58. The molecule has 0 N–H and O–H groups in total. The topological polar surface area (TPSA) is 81.6 Å². The van der Waals surface area contributed by atoms with Crippen molar-refractivity contribution in [2.24, 2.45) is 0 Å². The maximum absolute atomic E-state index is 9.88. The first-order valence-corrected chi connectivity index (χ1v) is 10.1. The summed E-state index contributed by atoms with van der Waals surface area (Å²) >= 11 is 4.18. The Morgan fingerprint density at radius 2 is 1.96 bits per heavy atom. The smallest absolute Gasteiger partial charge is 0.357 e. The molecular formula is C16H29N3O4PS+. The predicted molar refractivity (Wildman–Crippen MR) is 103 cm³/mol. The van der Waals surface area contributed by atoms with Crippen molar-refractivity contribution in [3.8, 4) is 0 Å². The zero-order valence-corrected chi connectivity index (χ0v) is 17.0. The lowest BCUT2D eigenvalue weighted by atomic mass is 10.4. The fourth-order valence-corrected chi connectivity index (χ4v) is 2.17. The minimum absolute atomic E-state index is 0.0716. The van der Waals surface area contributed by atoms with Gasteiger partial charge >= 0.3 is 14.7 Å². The molecule has 1 atom stereocenters. The second-order valence-electron chi connectivity index (χ2n) is 5.11. The number of hydrogen-bond donors (Lipinski definition) is 1. The van der Waals surface area contributed by atoms with Gasteiger partial charge in [-0.2, -0.15) is 17.2 Å². The number of anilines is 1. The number of carbonyl (C=O) groups is 1. The number of aryl methyl sites for hydroxylation is 1. The van der Waals surface area contributed by atoms with E-state index in [-0.39, 0.29) is 6.47 Å². The highest BCUT2D eigenvalue weighted by Gasteiger charge is 2.15. The van der Waals surface area contributed by atoms with Gasteiger partial charge in [0.05, 0.1) is 7.11 Å². The Morgan fingerprint density at radius 1 is 1.32 bits per heavy atom. The zero-order valence-electron chi connectivity index (χ0n) is 15.3. The van der Waals surface area contributed by atoms with Gasteiger partial charge in [-0.05, 0) is 24.7 Å². The predicted octanol–water partition coefficient (Wildman–Crippen LogP) is 3.82.